The van der Waals surface area contributed by atoms with Gasteiger partial charge in [-0.25, -0.2) is 0 Å². The lowest BCUT2D eigenvalue weighted by atomic mass is 10.0. The molecule has 18 heavy (non-hydrogen) atoms. The molecule has 3 rings (SSSR count). The van der Waals surface area contributed by atoms with Crippen LogP contribution in [-0.2, 0) is 6.54 Å². The summed E-state index contributed by atoms with van der Waals surface area (Å²) in [5, 5.41) is 0. The minimum absolute atomic E-state index is 0.783. The van der Waals surface area contributed by atoms with Crippen LogP contribution in [0.2, 0.25) is 0 Å². The number of nitrogens with zero attached hydrogens (tertiary/aromatic N) is 2. The van der Waals surface area contributed by atoms with Crippen molar-refractivity contribution in [3.63, 3.8) is 0 Å². The van der Waals surface area contributed by atoms with Crippen LogP contribution in [0.1, 0.15) is 43.2 Å². The number of piperidine rings is 1. The molecule has 0 unspecified atom stereocenters. The Morgan fingerprint density at radius 3 is 2.44 bits per heavy atom. The van der Waals surface area contributed by atoms with Crippen LogP contribution in [0.15, 0.2) is 29.3 Å². The fourth-order valence-electron chi connectivity index (χ4n) is 3.28. The third-order valence-electron chi connectivity index (χ3n) is 4.36. The SMILES string of the molecule is Cc1ccc(CN=CN2[C@@H]3CCC[C@H]2CC3)cc1. The van der Waals surface area contributed by atoms with Crippen LogP contribution in [0.5, 0.6) is 0 Å². The number of hydrogen-bond donors (Lipinski definition) is 0. The molecule has 0 spiro atoms. The average Bonchev–Trinajstić information content (AvgIpc) is 2.62. The predicted molar refractivity (Wildman–Crippen MR) is 75.9 cm³/mol. The lowest BCUT2D eigenvalue weighted by Gasteiger charge is -2.32. The van der Waals surface area contributed by atoms with E-state index in [0.29, 0.717) is 0 Å². The van der Waals surface area contributed by atoms with E-state index in [1.807, 2.05) is 0 Å². The number of benzene rings is 1. The molecule has 2 aliphatic heterocycles. The van der Waals surface area contributed by atoms with Crippen LogP contribution < -0.4 is 0 Å². The molecular formula is C16H22N2. The van der Waals surface area contributed by atoms with Gasteiger partial charge in [0.15, 0.2) is 0 Å². The highest BCUT2D eigenvalue weighted by atomic mass is 15.2. The Morgan fingerprint density at radius 1 is 1.11 bits per heavy atom. The van der Waals surface area contributed by atoms with Crippen molar-refractivity contribution in [2.24, 2.45) is 4.99 Å². The van der Waals surface area contributed by atoms with E-state index >= 15 is 0 Å². The summed E-state index contributed by atoms with van der Waals surface area (Å²) in [5.41, 5.74) is 2.62. The molecule has 0 saturated carbocycles. The molecule has 2 heteroatoms. The van der Waals surface area contributed by atoms with Gasteiger partial charge in [-0.1, -0.05) is 29.8 Å². The first kappa shape index (κ1) is 11.8. The molecule has 2 fully saturated rings. The minimum atomic E-state index is 0.783. The summed E-state index contributed by atoms with van der Waals surface area (Å²) in [5.74, 6) is 0. The number of aliphatic imine (C=N–C) groups is 1. The van der Waals surface area contributed by atoms with E-state index in [2.05, 4.69) is 47.4 Å². The molecule has 0 aliphatic carbocycles. The fourth-order valence-corrected chi connectivity index (χ4v) is 3.28. The Kier molecular flexibility index (Phi) is 3.35. The molecular weight excluding hydrogens is 220 g/mol. The molecule has 2 aliphatic rings. The zero-order valence-electron chi connectivity index (χ0n) is 11.2. The first-order valence-electron chi connectivity index (χ1n) is 7.16. The maximum Gasteiger partial charge on any atom is 0.0858 e. The van der Waals surface area contributed by atoms with Gasteiger partial charge in [-0.3, -0.25) is 4.99 Å². The number of aryl methyl sites for hydroxylation is 1. The smallest absolute Gasteiger partial charge is 0.0858 e. The lowest BCUT2D eigenvalue weighted by Crippen LogP contribution is -2.38. The molecule has 2 nitrogen and oxygen atoms in total. The van der Waals surface area contributed by atoms with Gasteiger partial charge in [0.25, 0.3) is 0 Å². The lowest BCUT2D eigenvalue weighted by molar-refractivity contribution is 0.243. The Labute approximate surface area is 110 Å². The van der Waals surface area contributed by atoms with E-state index < -0.39 is 0 Å². The molecule has 1 aromatic rings. The topological polar surface area (TPSA) is 15.6 Å². The van der Waals surface area contributed by atoms with Gasteiger partial charge >= 0.3 is 0 Å². The zero-order valence-corrected chi connectivity index (χ0v) is 11.2. The van der Waals surface area contributed by atoms with Gasteiger partial charge in [-0.15, -0.1) is 0 Å². The molecule has 0 N–H and O–H groups in total. The summed E-state index contributed by atoms with van der Waals surface area (Å²) in [4.78, 5) is 7.16. The highest BCUT2D eigenvalue weighted by Crippen LogP contribution is 2.34. The van der Waals surface area contributed by atoms with E-state index in [1.54, 1.807) is 0 Å². The second kappa shape index (κ2) is 5.13. The number of rotatable bonds is 3. The van der Waals surface area contributed by atoms with Gasteiger partial charge < -0.3 is 4.90 Å². The van der Waals surface area contributed by atoms with Crippen molar-refractivity contribution in [2.45, 2.75) is 57.7 Å². The van der Waals surface area contributed by atoms with Crippen LogP contribution in [0.4, 0.5) is 0 Å². The second-order valence-corrected chi connectivity index (χ2v) is 5.70. The summed E-state index contributed by atoms with van der Waals surface area (Å²) < 4.78 is 0. The molecule has 0 aromatic heterocycles. The van der Waals surface area contributed by atoms with Crippen molar-refractivity contribution in [1.29, 1.82) is 0 Å². The Balaban J connectivity index is 1.59. The third-order valence-corrected chi connectivity index (χ3v) is 4.36. The first-order valence-corrected chi connectivity index (χ1v) is 7.16. The van der Waals surface area contributed by atoms with Crippen molar-refractivity contribution < 1.29 is 0 Å². The summed E-state index contributed by atoms with van der Waals surface area (Å²) in [6, 6.07) is 10.2. The van der Waals surface area contributed by atoms with E-state index in [1.165, 1.54) is 43.2 Å². The summed E-state index contributed by atoms with van der Waals surface area (Å²) in [7, 11) is 0. The molecule has 0 amide bonds. The molecule has 2 bridgehead atoms. The van der Waals surface area contributed by atoms with Crippen LogP contribution in [-0.4, -0.2) is 23.3 Å². The van der Waals surface area contributed by atoms with Crippen molar-refractivity contribution >= 4 is 6.34 Å². The fraction of sp³-hybridized carbons (Fsp3) is 0.562. The standard InChI is InChI=1S/C16H22N2/c1-13-5-7-14(8-6-13)11-17-12-18-15-3-2-4-16(18)10-9-15/h5-8,12,15-16H,2-4,9-11H2,1H3/t15-,16+. The summed E-state index contributed by atoms with van der Waals surface area (Å²) >= 11 is 0. The van der Waals surface area contributed by atoms with E-state index in [-0.39, 0.29) is 0 Å². The Hall–Kier alpha value is -1.31. The van der Waals surface area contributed by atoms with Crippen molar-refractivity contribution in [1.82, 2.24) is 4.90 Å². The zero-order chi connectivity index (χ0) is 12.4. The summed E-state index contributed by atoms with van der Waals surface area (Å²) in [6.07, 6.45) is 9.03. The normalized spacial score (nSPS) is 27.1. The summed E-state index contributed by atoms with van der Waals surface area (Å²) in [6.45, 7) is 2.94. The maximum atomic E-state index is 4.64. The highest BCUT2D eigenvalue weighted by molar-refractivity contribution is 5.57. The molecule has 0 radical (unpaired) electrons. The third kappa shape index (κ3) is 2.43. The molecule has 1 aromatic carbocycles. The van der Waals surface area contributed by atoms with Gasteiger partial charge in [0.2, 0.25) is 0 Å². The second-order valence-electron chi connectivity index (χ2n) is 5.70. The largest absolute Gasteiger partial charge is 0.357 e. The van der Waals surface area contributed by atoms with Crippen LogP contribution >= 0.6 is 0 Å². The quantitative estimate of drug-likeness (QED) is 0.584. The van der Waals surface area contributed by atoms with Crippen LogP contribution in [0.25, 0.3) is 0 Å². The van der Waals surface area contributed by atoms with Crippen molar-refractivity contribution in [3.8, 4) is 0 Å². The molecule has 2 saturated heterocycles. The number of hydrogen-bond acceptors (Lipinski definition) is 1. The van der Waals surface area contributed by atoms with Gasteiger partial charge in [0, 0.05) is 12.1 Å². The first-order chi connectivity index (χ1) is 8.83. The Morgan fingerprint density at radius 2 is 1.78 bits per heavy atom. The maximum absolute atomic E-state index is 4.64. The Bertz CT molecular complexity index is 405. The minimum Gasteiger partial charge on any atom is -0.357 e. The highest BCUT2D eigenvalue weighted by Gasteiger charge is 2.34. The molecule has 2 heterocycles. The van der Waals surface area contributed by atoms with Gasteiger partial charge in [0.1, 0.15) is 0 Å². The van der Waals surface area contributed by atoms with Gasteiger partial charge in [-0.2, -0.15) is 0 Å². The van der Waals surface area contributed by atoms with E-state index in [4.69, 9.17) is 0 Å². The van der Waals surface area contributed by atoms with Crippen molar-refractivity contribution in [3.05, 3.63) is 35.4 Å². The van der Waals surface area contributed by atoms with Gasteiger partial charge in [0.05, 0.1) is 12.9 Å². The number of fused-ring (bicyclic) bond motifs is 2. The van der Waals surface area contributed by atoms with Crippen LogP contribution in [0, 0.1) is 6.92 Å². The van der Waals surface area contributed by atoms with Crippen molar-refractivity contribution in [2.75, 3.05) is 0 Å². The van der Waals surface area contributed by atoms with Crippen LogP contribution in [0.3, 0.4) is 0 Å². The van der Waals surface area contributed by atoms with E-state index in [0.717, 1.165) is 18.6 Å². The van der Waals surface area contributed by atoms with Gasteiger partial charge in [-0.05, 0) is 44.6 Å². The molecule has 96 valence electrons. The molecule has 2 atom stereocenters. The predicted octanol–water partition coefficient (Wildman–Crippen LogP) is 3.54. The van der Waals surface area contributed by atoms with E-state index in [9.17, 15) is 0 Å². The monoisotopic (exact) mass is 242 g/mol. The average molecular weight is 242 g/mol.